The number of methoxy groups -OCH3 is 1. The van der Waals surface area contributed by atoms with E-state index in [4.69, 9.17) is 9.47 Å². The standard InChI is InChI=1S/C23H19N3O5/c1-30-17-6-2-4-13-12-26(9-7-15(13)17)22-19(23(28)29)20(27)18(31-22)10-14-11-25-21-16(14)5-3-8-24-21/h2-6,8,10-11H,7,9,12H2,1H3,(H,24,25)(H,28,29). The van der Waals surface area contributed by atoms with Gasteiger partial charge in [-0.15, -0.1) is 0 Å². The van der Waals surface area contributed by atoms with Gasteiger partial charge in [0.05, 0.1) is 7.11 Å². The summed E-state index contributed by atoms with van der Waals surface area (Å²) in [5, 5.41) is 10.5. The second kappa shape index (κ2) is 7.32. The second-order valence-electron chi connectivity index (χ2n) is 7.34. The molecule has 8 nitrogen and oxygen atoms in total. The lowest BCUT2D eigenvalue weighted by Gasteiger charge is -2.31. The van der Waals surface area contributed by atoms with Gasteiger partial charge in [-0.1, -0.05) is 12.1 Å². The summed E-state index contributed by atoms with van der Waals surface area (Å²) in [6.45, 7) is 0.938. The van der Waals surface area contributed by atoms with Crippen molar-refractivity contribution in [3.63, 3.8) is 0 Å². The summed E-state index contributed by atoms with van der Waals surface area (Å²) in [7, 11) is 1.63. The molecule has 31 heavy (non-hydrogen) atoms. The molecule has 0 saturated carbocycles. The maximum absolute atomic E-state index is 12.9. The van der Waals surface area contributed by atoms with Gasteiger partial charge in [-0.25, -0.2) is 9.78 Å². The lowest BCUT2D eigenvalue weighted by atomic mass is 9.98. The van der Waals surface area contributed by atoms with Crippen LogP contribution in [-0.4, -0.2) is 45.4 Å². The number of carbonyl (C=O) groups is 2. The number of benzene rings is 1. The monoisotopic (exact) mass is 417 g/mol. The van der Waals surface area contributed by atoms with Gasteiger partial charge >= 0.3 is 5.97 Å². The Bertz CT molecular complexity index is 1290. The Morgan fingerprint density at radius 3 is 3.00 bits per heavy atom. The Morgan fingerprint density at radius 2 is 2.19 bits per heavy atom. The fourth-order valence-electron chi connectivity index (χ4n) is 4.10. The average molecular weight is 417 g/mol. The number of nitrogens with zero attached hydrogens (tertiary/aromatic N) is 2. The van der Waals surface area contributed by atoms with Gasteiger partial charge in [0.25, 0.3) is 0 Å². The zero-order valence-electron chi connectivity index (χ0n) is 16.7. The topological polar surface area (TPSA) is 105 Å². The van der Waals surface area contributed by atoms with Crippen molar-refractivity contribution in [2.75, 3.05) is 13.7 Å². The molecule has 8 heteroatoms. The Kier molecular flexibility index (Phi) is 4.47. The summed E-state index contributed by atoms with van der Waals surface area (Å²) in [4.78, 5) is 33.9. The van der Waals surface area contributed by atoms with Gasteiger partial charge < -0.3 is 24.5 Å². The Morgan fingerprint density at radius 1 is 1.32 bits per heavy atom. The average Bonchev–Trinajstić information content (AvgIpc) is 3.34. The van der Waals surface area contributed by atoms with Crippen molar-refractivity contribution in [1.82, 2.24) is 14.9 Å². The number of rotatable bonds is 4. The summed E-state index contributed by atoms with van der Waals surface area (Å²) in [6, 6.07) is 9.43. The number of pyridine rings is 1. The normalized spacial score (nSPS) is 17.3. The minimum atomic E-state index is -1.31. The van der Waals surface area contributed by atoms with Crippen LogP contribution in [0.4, 0.5) is 0 Å². The quantitative estimate of drug-likeness (QED) is 0.497. The fraction of sp³-hybridized carbons (Fsp3) is 0.174. The first kappa shape index (κ1) is 18.9. The summed E-state index contributed by atoms with van der Waals surface area (Å²) in [6.07, 6.45) is 5.59. The number of ether oxygens (including phenoxy) is 2. The van der Waals surface area contributed by atoms with Crippen molar-refractivity contribution in [3.05, 3.63) is 76.6 Å². The molecule has 0 fully saturated rings. The molecule has 156 valence electrons. The molecule has 0 spiro atoms. The number of carboxylic acid groups (broad SMARTS) is 1. The van der Waals surface area contributed by atoms with E-state index in [1.807, 2.05) is 24.3 Å². The highest BCUT2D eigenvalue weighted by molar-refractivity contribution is 6.26. The molecule has 2 N–H and O–H groups in total. The number of aliphatic carboxylic acids is 1. The first-order valence-corrected chi connectivity index (χ1v) is 9.80. The molecule has 4 heterocycles. The minimum Gasteiger partial charge on any atom is -0.496 e. The van der Waals surface area contributed by atoms with Gasteiger partial charge in [-0.3, -0.25) is 4.79 Å². The summed E-state index contributed by atoms with van der Waals surface area (Å²) >= 11 is 0. The lowest BCUT2D eigenvalue weighted by molar-refractivity contribution is -0.134. The van der Waals surface area contributed by atoms with E-state index < -0.39 is 11.8 Å². The molecule has 0 radical (unpaired) electrons. The van der Waals surface area contributed by atoms with E-state index in [2.05, 4.69) is 9.97 Å². The molecule has 1 aromatic carbocycles. The number of carbonyl (C=O) groups excluding carboxylic acids is 1. The zero-order chi connectivity index (χ0) is 21.5. The number of aromatic amines is 1. The highest BCUT2D eigenvalue weighted by atomic mass is 16.5. The van der Waals surface area contributed by atoms with Gasteiger partial charge in [0.2, 0.25) is 11.7 Å². The van der Waals surface area contributed by atoms with Crippen LogP contribution in [0.5, 0.6) is 5.75 Å². The molecule has 3 aromatic rings. The van der Waals surface area contributed by atoms with E-state index >= 15 is 0 Å². The van der Waals surface area contributed by atoms with Crippen LogP contribution >= 0.6 is 0 Å². The first-order chi connectivity index (χ1) is 15.1. The van der Waals surface area contributed by atoms with Crippen molar-refractivity contribution < 1.29 is 24.2 Å². The van der Waals surface area contributed by atoms with Crippen LogP contribution in [0.15, 0.2) is 59.9 Å². The van der Waals surface area contributed by atoms with Gasteiger partial charge in [0.1, 0.15) is 11.4 Å². The number of ketones is 1. The van der Waals surface area contributed by atoms with E-state index in [-0.39, 0.29) is 17.2 Å². The van der Waals surface area contributed by atoms with E-state index in [0.29, 0.717) is 30.7 Å². The van der Waals surface area contributed by atoms with E-state index in [1.54, 1.807) is 36.5 Å². The minimum absolute atomic E-state index is 0.0198. The van der Waals surface area contributed by atoms with Gasteiger partial charge in [0.15, 0.2) is 11.3 Å². The molecule has 0 unspecified atom stereocenters. The SMILES string of the molecule is COc1cccc2c1CCN(C1=C(C(=O)O)C(=O)C(=Cc3c[nH]c4ncccc34)O1)C2. The van der Waals surface area contributed by atoms with Crippen LogP contribution < -0.4 is 4.74 Å². The van der Waals surface area contributed by atoms with Crippen LogP contribution in [0.2, 0.25) is 0 Å². The lowest BCUT2D eigenvalue weighted by Crippen LogP contribution is -2.31. The van der Waals surface area contributed by atoms with Crippen molar-refractivity contribution in [2.24, 2.45) is 0 Å². The van der Waals surface area contributed by atoms with Crippen LogP contribution in [0.3, 0.4) is 0 Å². The van der Waals surface area contributed by atoms with Gasteiger partial charge in [0, 0.05) is 42.0 Å². The number of hydrogen-bond donors (Lipinski definition) is 2. The number of aromatic nitrogens is 2. The molecule has 0 atom stereocenters. The molecule has 2 aliphatic heterocycles. The second-order valence-corrected chi connectivity index (χ2v) is 7.34. The zero-order valence-corrected chi connectivity index (χ0v) is 16.7. The van der Waals surface area contributed by atoms with E-state index in [1.165, 1.54) is 0 Å². The van der Waals surface area contributed by atoms with Crippen LogP contribution in [-0.2, 0) is 27.3 Å². The predicted octanol–water partition coefficient (Wildman–Crippen LogP) is 2.87. The predicted molar refractivity (Wildman–Crippen MR) is 112 cm³/mol. The van der Waals surface area contributed by atoms with Crippen molar-refractivity contribution in [3.8, 4) is 5.75 Å². The molecule has 2 aliphatic rings. The molecular formula is C23H19N3O5. The van der Waals surface area contributed by atoms with Crippen LogP contribution in [0.25, 0.3) is 17.1 Å². The van der Waals surface area contributed by atoms with Gasteiger partial charge in [-0.05, 0) is 36.3 Å². The molecule has 2 aromatic heterocycles. The maximum Gasteiger partial charge on any atom is 0.345 e. The van der Waals surface area contributed by atoms with E-state index in [9.17, 15) is 14.7 Å². The van der Waals surface area contributed by atoms with Crippen LogP contribution in [0.1, 0.15) is 16.7 Å². The smallest absolute Gasteiger partial charge is 0.345 e. The van der Waals surface area contributed by atoms with Crippen LogP contribution in [0, 0.1) is 0 Å². The third-order valence-electron chi connectivity index (χ3n) is 5.59. The molecule has 0 saturated heterocycles. The summed E-state index contributed by atoms with van der Waals surface area (Å²) < 4.78 is 11.3. The third kappa shape index (κ3) is 3.13. The van der Waals surface area contributed by atoms with Crippen molar-refractivity contribution >= 4 is 28.9 Å². The highest BCUT2D eigenvalue weighted by Crippen LogP contribution is 2.35. The van der Waals surface area contributed by atoms with Crippen molar-refractivity contribution in [2.45, 2.75) is 13.0 Å². The summed E-state index contributed by atoms with van der Waals surface area (Å²) in [5.41, 5.74) is 3.12. The first-order valence-electron chi connectivity index (χ1n) is 9.80. The number of hydrogen-bond acceptors (Lipinski definition) is 6. The Balaban J connectivity index is 1.49. The fourth-order valence-corrected chi connectivity index (χ4v) is 4.10. The van der Waals surface area contributed by atoms with Crippen molar-refractivity contribution in [1.29, 1.82) is 0 Å². The number of nitrogens with one attached hydrogen (secondary N) is 1. The van der Waals surface area contributed by atoms with E-state index in [0.717, 1.165) is 22.3 Å². The third-order valence-corrected chi connectivity index (χ3v) is 5.59. The Hall–Kier alpha value is -4.07. The maximum atomic E-state index is 12.9. The molecule has 0 bridgehead atoms. The number of fused-ring (bicyclic) bond motifs is 2. The highest BCUT2D eigenvalue weighted by Gasteiger charge is 2.39. The molecule has 0 aliphatic carbocycles. The number of Topliss-reactive ketones (excluding diaryl/α,β-unsaturated/α-hetero) is 1. The van der Waals surface area contributed by atoms with Gasteiger partial charge in [-0.2, -0.15) is 0 Å². The number of carboxylic acids is 1. The largest absolute Gasteiger partial charge is 0.496 e. The Labute approximate surface area is 177 Å². The summed E-state index contributed by atoms with van der Waals surface area (Å²) in [5.74, 6) is -1.08. The molecule has 5 rings (SSSR count). The number of H-pyrrole nitrogens is 1. The molecular weight excluding hydrogens is 398 g/mol. The molecule has 0 amide bonds. The number of allylic oxidation sites excluding steroid dienone is 1.